The van der Waals surface area contributed by atoms with Crippen LogP contribution in [0.5, 0.6) is 0 Å². The Morgan fingerprint density at radius 2 is 1.71 bits per heavy atom. The quantitative estimate of drug-likeness (QED) is 0.651. The van der Waals surface area contributed by atoms with Gasteiger partial charge in [-0.2, -0.15) is 0 Å². The maximum Gasteiger partial charge on any atom is 0.198 e. The van der Waals surface area contributed by atoms with Crippen LogP contribution in [0.1, 0.15) is 0 Å². The Labute approximate surface area is 98.9 Å². The van der Waals surface area contributed by atoms with Crippen LogP contribution in [-0.4, -0.2) is 0 Å². The minimum atomic E-state index is 0.698. The summed E-state index contributed by atoms with van der Waals surface area (Å²) in [7, 11) is 0. The number of nitrogens with two attached hydrogens (primary N) is 1. The summed E-state index contributed by atoms with van der Waals surface area (Å²) in [5.41, 5.74) is 8.28. The molecule has 0 aliphatic carbocycles. The second kappa shape index (κ2) is 3.87. The van der Waals surface area contributed by atoms with Crippen molar-refractivity contribution in [3.05, 3.63) is 54.6 Å². The van der Waals surface area contributed by atoms with E-state index in [1.807, 2.05) is 54.6 Å². The van der Waals surface area contributed by atoms with Crippen molar-refractivity contribution in [3.63, 3.8) is 0 Å². The first-order chi connectivity index (χ1) is 8.33. The van der Waals surface area contributed by atoms with E-state index in [4.69, 9.17) is 10.2 Å². The number of para-hydroxylation sites is 3. The summed E-state index contributed by atoms with van der Waals surface area (Å²) in [6, 6.07) is 17.5. The summed E-state index contributed by atoms with van der Waals surface area (Å²) in [6.07, 6.45) is 0. The van der Waals surface area contributed by atoms with E-state index in [-0.39, 0.29) is 0 Å². The zero-order valence-electron chi connectivity index (χ0n) is 9.18. The fourth-order valence-corrected chi connectivity index (χ4v) is 1.79. The van der Waals surface area contributed by atoms with E-state index in [9.17, 15) is 0 Å². The van der Waals surface area contributed by atoms with Crippen molar-refractivity contribution in [2.45, 2.75) is 0 Å². The molecule has 3 rings (SSSR count). The molecule has 0 saturated heterocycles. The first kappa shape index (κ1) is 9.78. The Morgan fingerprint density at radius 1 is 0.941 bits per heavy atom. The Bertz CT molecular complexity index is 625. The Balaban J connectivity index is 1.98. The predicted octanol–water partition coefficient (Wildman–Crippen LogP) is 3.76. The van der Waals surface area contributed by atoms with Crippen LogP contribution in [0.25, 0.3) is 11.0 Å². The molecule has 84 valence electrons. The van der Waals surface area contributed by atoms with E-state index >= 15 is 0 Å². The zero-order valence-corrected chi connectivity index (χ0v) is 9.18. The molecule has 0 aliphatic heterocycles. The number of benzene rings is 2. The molecule has 0 saturated carbocycles. The van der Waals surface area contributed by atoms with E-state index in [1.165, 1.54) is 0 Å². The van der Waals surface area contributed by atoms with Gasteiger partial charge in [-0.1, -0.05) is 30.3 Å². The third-order valence-electron chi connectivity index (χ3n) is 2.64. The maximum atomic E-state index is 5.86. The van der Waals surface area contributed by atoms with Crippen molar-refractivity contribution in [2.75, 3.05) is 11.1 Å². The summed E-state index contributed by atoms with van der Waals surface area (Å²) in [5.74, 6) is 0.698. The van der Waals surface area contributed by atoms with Gasteiger partial charge >= 0.3 is 0 Å². The normalized spacial score (nSPS) is 10.6. The van der Waals surface area contributed by atoms with Gasteiger partial charge in [0, 0.05) is 11.5 Å². The van der Waals surface area contributed by atoms with Crippen LogP contribution >= 0.6 is 0 Å². The average molecular weight is 224 g/mol. The third kappa shape index (κ3) is 1.83. The number of nitrogens with one attached hydrogen (secondary N) is 1. The molecule has 3 aromatic rings. The van der Waals surface area contributed by atoms with Gasteiger partial charge in [0.15, 0.2) is 5.88 Å². The summed E-state index contributed by atoms with van der Waals surface area (Å²) in [4.78, 5) is 0. The monoisotopic (exact) mass is 224 g/mol. The smallest absolute Gasteiger partial charge is 0.198 e. The lowest BCUT2D eigenvalue weighted by atomic mass is 10.2. The number of nitrogen functional groups attached to an aromatic ring is 1. The zero-order chi connectivity index (χ0) is 11.7. The van der Waals surface area contributed by atoms with Gasteiger partial charge in [0.25, 0.3) is 0 Å². The minimum Gasteiger partial charge on any atom is -0.440 e. The van der Waals surface area contributed by atoms with E-state index in [1.54, 1.807) is 0 Å². The summed E-state index contributed by atoms with van der Waals surface area (Å²) >= 11 is 0. The van der Waals surface area contributed by atoms with E-state index in [0.717, 1.165) is 16.7 Å². The van der Waals surface area contributed by atoms with Crippen LogP contribution in [0.3, 0.4) is 0 Å². The second-order valence-corrected chi connectivity index (χ2v) is 3.86. The van der Waals surface area contributed by atoms with Gasteiger partial charge in [-0.25, -0.2) is 0 Å². The number of anilines is 3. The number of fused-ring (bicyclic) bond motifs is 1. The highest BCUT2D eigenvalue weighted by Crippen LogP contribution is 2.27. The molecule has 0 unspecified atom stereocenters. The first-order valence-electron chi connectivity index (χ1n) is 5.43. The van der Waals surface area contributed by atoms with Gasteiger partial charge in [-0.05, 0) is 18.2 Å². The summed E-state index contributed by atoms with van der Waals surface area (Å²) in [5, 5.41) is 4.24. The standard InChI is InChI=1S/C14H12N2O/c15-11-6-2-3-7-12(11)16-14-9-10-5-1-4-8-13(10)17-14/h1-9,16H,15H2. The minimum absolute atomic E-state index is 0.698. The number of hydrogen-bond donors (Lipinski definition) is 2. The van der Waals surface area contributed by atoms with Crippen molar-refractivity contribution in [2.24, 2.45) is 0 Å². The van der Waals surface area contributed by atoms with Gasteiger partial charge < -0.3 is 15.5 Å². The fourth-order valence-electron chi connectivity index (χ4n) is 1.79. The van der Waals surface area contributed by atoms with E-state index < -0.39 is 0 Å². The summed E-state index contributed by atoms with van der Waals surface area (Å²) in [6.45, 7) is 0. The Morgan fingerprint density at radius 3 is 2.53 bits per heavy atom. The van der Waals surface area contributed by atoms with Crippen LogP contribution in [0.15, 0.2) is 59.0 Å². The molecule has 0 radical (unpaired) electrons. The molecule has 17 heavy (non-hydrogen) atoms. The highest BCUT2D eigenvalue weighted by atomic mass is 16.3. The largest absolute Gasteiger partial charge is 0.440 e. The molecule has 0 atom stereocenters. The molecule has 3 N–H and O–H groups in total. The van der Waals surface area contributed by atoms with Crippen LogP contribution < -0.4 is 11.1 Å². The van der Waals surface area contributed by atoms with Crippen molar-refractivity contribution >= 4 is 28.2 Å². The van der Waals surface area contributed by atoms with Crippen molar-refractivity contribution in [1.82, 2.24) is 0 Å². The molecule has 0 bridgehead atoms. The van der Waals surface area contributed by atoms with Gasteiger partial charge in [0.1, 0.15) is 5.58 Å². The number of furan rings is 1. The molecular weight excluding hydrogens is 212 g/mol. The molecule has 3 nitrogen and oxygen atoms in total. The highest BCUT2D eigenvalue weighted by Gasteiger charge is 2.04. The average Bonchev–Trinajstić information content (AvgIpc) is 2.74. The summed E-state index contributed by atoms with van der Waals surface area (Å²) < 4.78 is 5.66. The van der Waals surface area contributed by atoms with Crippen molar-refractivity contribution in [1.29, 1.82) is 0 Å². The van der Waals surface area contributed by atoms with Crippen LogP contribution in [0, 0.1) is 0 Å². The van der Waals surface area contributed by atoms with Crippen molar-refractivity contribution < 1.29 is 4.42 Å². The lowest BCUT2D eigenvalue weighted by Crippen LogP contribution is -1.94. The van der Waals surface area contributed by atoms with Crippen molar-refractivity contribution in [3.8, 4) is 0 Å². The Kier molecular flexibility index (Phi) is 2.22. The van der Waals surface area contributed by atoms with Gasteiger partial charge in [-0.15, -0.1) is 0 Å². The molecule has 0 fully saturated rings. The van der Waals surface area contributed by atoms with Gasteiger partial charge in [0.2, 0.25) is 0 Å². The molecular formula is C14H12N2O. The molecule has 1 heterocycles. The SMILES string of the molecule is Nc1ccccc1Nc1cc2ccccc2o1. The van der Waals surface area contributed by atoms with E-state index in [2.05, 4.69) is 5.32 Å². The molecule has 0 spiro atoms. The lowest BCUT2D eigenvalue weighted by Gasteiger charge is -2.05. The number of rotatable bonds is 2. The fraction of sp³-hybridized carbons (Fsp3) is 0. The first-order valence-corrected chi connectivity index (χ1v) is 5.43. The van der Waals surface area contributed by atoms with Crippen LogP contribution in [0.4, 0.5) is 17.3 Å². The second-order valence-electron chi connectivity index (χ2n) is 3.86. The molecule has 3 heteroatoms. The third-order valence-corrected chi connectivity index (χ3v) is 2.64. The van der Waals surface area contributed by atoms with Crippen LogP contribution in [0.2, 0.25) is 0 Å². The molecule has 0 aliphatic rings. The highest BCUT2D eigenvalue weighted by molar-refractivity contribution is 5.82. The predicted molar refractivity (Wildman–Crippen MR) is 70.4 cm³/mol. The molecule has 2 aromatic carbocycles. The van der Waals surface area contributed by atoms with E-state index in [0.29, 0.717) is 11.6 Å². The Hall–Kier alpha value is -2.42. The van der Waals surface area contributed by atoms with Gasteiger partial charge in [-0.3, -0.25) is 0 Å². The van der Waals surface area contributed by atoms with Gasteiger partial charge in [0.05, 0.1) is 11.4 Å². The molecule has 0 amide bonds. The lowest BCUT2D eigenvalue weighted by molar-refractivity contribution is 0.634. The molecule has 1 aromatic heterocycles. The van der Waals surface area contributed by atoms with Crippen LogP contribution in [-0.2, 0) is 0 Å². The number of hydrogen-bond acceptors (Lipinski definition) is 3. The maximum absolute atomic E-state index is 5.86. The topological polar surface area (TPSA) is 51.2 Å².